The maximum Gasteiger partial charge on any atom is 0.410 e. The summed E-state index contributed by atoms with van der Waals surface area (Å²) in [6.45, 7) is 4.48. The van der Waals surface area contributed by atoms with Gasteiger partial charge in [-0.3, -0.25) is 0 Å². The third-order valence-electron chi connectivity index (χ3n) is 1.29. The van der Waals surface area contributed by atoms with Gasteiger partial charge < -0.3 is 9.64 Å². The molecule has 3 heteroatoms. The number of nitrogens with zero attached hydrogens (tertiary/aromatic N) is 1. The predicted molar refractivity (Wildman–Crippen MR) is 33.2 cm³/mol. The average molecular weight is 129 g/mol. The number of carbonyl (C=O) groups excluding carboxylic acids is 1. The van der Waals surface area contributed by atoms with Crippen LogP contribution in [0.2, 0.25) is 0 Å². The maximum absolute atomic E-state index is 10.7. The molecule has 52 valence electrons. The highest BCUT2D eigenvalue weighted by molar-refractivity contribution is 5.70. The van der Waals surface area contributed by atoms with E-state index in [4.69, 9.17) is 4.74 Å². The number of rotatable bonds is 0. The molecule has 0 aromatic heterocycles. The Labute approximate surface area is 54.6 Å². The Morgan fingerprint density at radius 2 is 2.22 bits per heavy atom. The second kappa shape index (κ2) is 1.62. The molecule has 0 unspecified atom stereocenters. The Morgan fingerprint density at radius 3 is 2.33 bits per heavy atom. The summed E-state index contributed by atoms with van der Waals surface area (Å²) in [4.78, 5) is 12.3. The molecule has 0 spiro atoms. The Morgan fingerprint density at radius 1 is 1.67 bits per heavy atom. The minimum atomic E-state index is -0.286. The summed E-state index contributed by atoms with van der Waals surface area (Å²) in [6.07, 6.45) is -0.222. The highest BCUT2D eigenvalue weighted by Crippen LogP contribution is 2.19. The van der Waals surface area contributed by atoms with Crippen molar-refractivity contribution in [2.75, 3.05) is 13.6 Å². The molecule has 1 rings (SSSR count). The van der Waals surface area contributed by atoms with Crippen molar-refractivity contribution in [3.05, 3.63) is 0 Å². The molecule has 0 aliphatic carbocycles. The van der Waals surface area contributed by atoms with Crippen LogP contribution in [0.15, 0.2) is 0 Å². The third kappa shape index (κ3) is 1.15. The van der Waals surface area contributed by atoms with Gasteiger partial charge in [-0.25, -0.2) is 4.79 Å². The van der Waals surface area contributed by atoms with Crippen molar-refractivity contribution in [3.8, 4) is 0 Å². The molecule has 1 heterocycles. The molecule has 0 atom stereocenters. The zero-order chi connectivity index (χ0) is 7.07. The summed E-state index contributed by atoms with van der Waals surface area (Å²) in [5.74, 6) is 0. The molecule has 0 radical (unpaired) electrons. The van der Waals surface area contributed by atoms with Crippen LogP contribution in [0.5, 0.6) is 0 Å². The SMILES string of the molecule is CN1CC(C)(C)OC1=O. The predicted octanol–water partition coefficient (Wildman–Crippen LogP) is 0.847. The largest absolute Gasteiger partial charge is 0.442 e. The Bertz CT molecular complexity index is 142. The molecule has 1 aliphatic rings. The van der Waals surface area contributed by atoms with Gasteiger partial charge in [0.2, 0.25) is 0 Å². The van der Waals surface area contributed by atoms with Crippen molar-refractivity contribution in [3.63, 3.8) is 0 Å². The fourth-order valence-electron chi connectivity index (χ4n) is 0.982. The second-order valence-electron chi connectivity index (χ2n) is 2.98. The average Bonchev–Trinajstić information content (AvgIpc) is 1.79. The van der Waals surface area contributed by atoms with Gasteiger partial charge in [0.15, 0.2) is 0 Å². The molecule has 0 bridgehead atoms. The first-order chi connectivity index (χ1) is 4.01. The van der Waals surface area contributed by atoms with Crippen molar-refractivity contribution in [1.82, 2.24) is 4.90 Å². The van der Waals surface area contributed by atoms with E-state index in [1.54, 1.807) is 11.9 Å². The standard InChI is InChI=1S/C6H11NO2/c1-6(2)4-7(3)5(8)9-6/h4H2,1-3H3. The number of cyclic esters (lactones) is 1. The van der Waals surface area contributed by atoms with E-state index < -0.39 is 0 Å². The van der Waals surface area contributed by atoms with Crippen LogP contribution in [0.3, 0.4) is 0 Å². The van der Waals surface area contributed by atoms with Gasteiger partial charge in [-0.2, -0.15) is 0 Å². The van der Waals surface area contributed by atoms with Crippen LogP contribution >= 0.6 is 0 Å². The fraction of sp³-hybridized carbons (Fsp3) is 0.833. The Kier molecular flexibility index (Phi) is 1.15. The first-order valence-corrected chi connectivity index (χ1v) is 2.95. The summed E-state index contributed by atoms with van der Waals surface area (Å²) >= 11 is 0. The lowest BCUT2D eigenvalue weighted by Gasteiger charge is -2.12. The molecule has 1 amide bonds. The lowest BCUT2D eigenvalue weighted by molar-refractivity contribution is 0.0861. The fourth-order valence-corrected chi connectivity index (χ4v) is 0.982. The van der Waals surface area contributed by atoms with E-state index in [-0.39, 0.29) is 11.7 Å². The molecular formula is C6H11NO2. The van der Waals surface area contributed by atoms with E-state index in [1.165, 1.54) is 0 Å². The van der Waals surface area contributed by atoms with Crippen LogP contribution in [0.25, 0.3) is 0 Å². The molecule has 9 heavy (non-hydrogen) atoms. The molecule has 0 aromatic rings. The van der Waals surface area contributed by atoms with Crippen LogP contribution in [0.4, 0.5) is 4.79 Å². The third-order valence-corrected chi connectivity index (χ3v) is 1.29. The quantitative estimate of drug-likeness (QED) is 0.485. The van der Waals surface area contributed by atoms with E-state index in [0.29, 0.717) is 6.54 Å². The molecule has 1 saturated heterocycles. The summed E-state index contributed by atoms with van der Waals surface area (Å²) < 4.78 is 4.95. The van der Waals surface area contributed by atoms with Gasteiger partial charge in [0.05, 0.1) is 6.54 Å². The zero-order valence-corrected chi connectivity index (χ0v) is 5.97. The molecule has 0 N–H and O–H groups in total. The van der Waals surface area contributed by atoms with Gasteiger partial charge in [0.1, 0.15) is 5.60 Å². The lowest BCUT2D eigenvalue weighted by atomic mass is 10.1. The molecule has 1 fully saturated rings. The molecule has 3 nitrogen and oxygen atoms in total. The number of amides is 1. The monoisotopic (exact) mass is 129 g/mol. The summed E-state index contributed by atoms with van der Waals surface area (Å²) in [5.41, 5.74) is -0.286. The first kappa shape index (κ1) is 6.39. The lowest BCUT2D eigenvalue weighted by Crippen LogP contribution is -2.25. The van der Waals surface area contributed by atoms with E-state index in [1.807, 2.05) is 13.8 Å². The minimum absolute atomic E-state index is 0.222. The Balaban J connectivity index is 2.65. The van der Waals surface area contributed by atoms with E-state index in [2.05, 4.69) is 0 Å². The van der Waals surface area contributed by atoms with Gasteiger partial charge in [-0.15, -0.1) is 0 Å². The van der Waals surface area contributed by atoms with E-state index >= 15 is 0 Å². The Hall–Kier alpha value is -0.730. The highest BCUT2D eigenvalue weighted by atomic mass is 16.6. The van der Waals surface area contributed by atoms with Crippen molar-refractivity contribution < 1.29 is 9.53 Å². The maximum atomic E-state index is 10.7. The van der Waals surface area contributed by atoms with E-state index in [9.17, 15) is 4.79 Å². The number of ether oxygens (including phenoxy) is 1. The number of hydrogen-bond donors (Lipinski definition) is 0. The van der Waals surface area contributed by atoms with Crippen molar-refractivity contribution in [2.45, 2.75) is 19.4 Å². The van der Waals surface area contributed by atoms with Crippen molar-refractivity contribution in [2.24, 2.45) is 0 Å². The summed E-state index contributed by atoms with van der Waals surface area (Å²) in [7, 11) is 1.73. The second-order valence-corrected chi connectivity index (χ2v) is 2.98. The number of hydrogen-bond acceptors (Lipinski definition) is 2. The van der Waals surface area contributed by atoms with Gasteiger partial charge in [0.25, 0.3) is 0 Å². The van der Waals surface area contributed by atoms with Gasteiger partial charge >= 0.3 is 6.09 Å². The zero-order valence-electron chi connectivity index (χ0n) is 5.97. The van der Waals surface area contributed by atoms with Crippen LogP contribution in [-0.2, 0) is 4.74 Å². The van der Waals surface area contributed by atoms with Crippen LogP contribution in [-0.4, -0.2) is 30.2 Å². The van der Waals surface area contributed by atoms with Gasteiger partial charge in [0, 0.05) is 7.05 Å². The van der Waals surface area contributed by atoms with Crippen molar-refractivity contribution in [1.29, 1.82) is 0 Å². The number of likely N-dealkylation sites (N-methyl/N-ethyl adjacent to an activating group) is 1. The van der Waals surface area contributed by atoms with Gasteiger partial charge in [-0.1, -0.05) is 0 Å². The number of carbonyl (C=O) groups is 1. The van der Waals surface area contributed by atoms with Crippen LogP contribution < -0.4 is 0 Å². The summed E-state index contributed by atoms with van der Waals surface area (Å²) in [5, 5.41) is 0. The van der Waals surface area contributed by atoms with E-state index in [0.717, 1.165) is 0 Å². The molecule has 0 saturated carbocycles. The highest BCUT2D eigenvalue weighted by Gasteiger charge is 2.34. The first-order valence-electron chi connectivity index (χ1n) is 2.95. The minimum Gasteiger partial charge on any atom is -0.442 e. The summed E-state index contributed by atoms with van der Waals surface area (Å²) in [6, 6.07) is 0. The van der Waals surface area contributed by atoms with Crippen molar-refractivity contribution >= 4 is 6.09 Å². The smallest absolute Gasteiger partial charge is 0.410 e. The molecular weight excluding hydrogens is 118 g/mol. The van der Waals surface area contributed by atoms with Crippen LogP contribution in [0.1, 0.15) is 13.8 Å². The topological polar surface area (TPSA) is 29.5 Å². The van der Waals surface area contributed by atoms with Crippen LogP contribution in [0, 0.1) is 0 Å². The molecule has 1 aliphatic heterocycles. The van der Waals surface area contributed by atoms with Gasteiger partial charge in [-0.05, 0) is 13.8 Å². The normalized spacial score (nSPS) is 24.3. The molecule has 0 aromatic carbocycles.